The van der Waals surface area contributed by atoms with Gasteiger partial charge in [-0.1, -0.05) is 48.6 Å². The Labute approximate surface area is 168 Å². The minimum atomic E-state index is -0.372. The van der Waals surface area contributed by atoms with Crippen molar-refractivity contribution in [3.8, 4) is 0 Å². The number of benzene rings is 2. The molecule has 0 saturated heterocycles. The van der Waals surface area contributed by atoms with Crippen LogP contribution in [-0.2, 0) is 33.7 Å². The van der Waals surface area contributed by atoms with Gasteiger partial charge in [0, 0.05) is 0 Å². The number of hydrogen-bond donors (Lipinski definition) is 0. The number of hydrogen-bond acceptors (Lipinski definition) is 4. The Balaban J connectivity index is 2.01. The minimum absolute atomic E-state index is 0.0245. The molecule has 0 fully saturated rings. The summed E-state index contributed by atoms with van der Waals surface area (Å²) < 4.78 is 7.62. The Bertz CT molecular complexity index is 1090. The van der Waals surface area contributed by atoms with E-state index >= 15 is 0 Å². The zero-order valence-corrected chi connectivity index (χ0v) is 17.4. The maximum atomic E-state index is 12.6. The second kappa shape index (κ2) is 8.52. The first kappa shape index (κ1) is 20.0. The number of carbonyl (C=O) groups is 2. The van der Waals surface area contributed by atoms with E-state index in [9.17, 15) is 9.59 Å². The van der Waals surface area contributed by atoms with Crippen molar-refractivity contribution in [2.45, 2.75) is 40.2 Å². The fraction of sp³-hybridized carbons (Fsp3) is 0.318. The Morgan fingerprint density at radius 2 is 1.79 bits per heavy atom. The lowest BCUT2D eigenvalue weighted by atomic mass is 10.1. The Morgan fingerprint density at radius 3 is 2.43 bits per heavy atom. The van der Waals surface area contributed by atoms with E-state index in [1.165, 1.54) is 24.0 Å². The van der Waals surface area contributed by atoms with Gasteiger partial charge in [-0.3, -0.25) is 9.59 Å². The van der Waals surface area contributed by atoms with Gasteiger partial charge in [-0.05, 0) is 48.6 Å². The molecule has 3 aromatic rings. The summed E-state index contributed by atoms with van der Waals surface area (Å²) >= 11 is 1.42. The summed E-state index contributed by atoms with van der Waals surface area (Å²) in [5, 5.41) is 0. The van der Waals surface area contributed by atoms with Crippen molar-refractivity contribution in [1.29, 1.82) is 0 Å². The molecule has 0 spiro atoms. The molecule has 1 amide bonds. The van der Waals surface area contributed by atoms with Crippen LogP contribution in [0, 0.1) is 13.8 Å². The summed E-state index contributed by atoms with van der Waals surface area (Å²) in [4.78, 5) is 29.3. The van der Waals surface area contributed by atoms with Crippen molar-refractivity contribution in [3.63, 3.8) is 0 Å². The zero-order chi connectivity index (χ0) is 20.3. The molecule has 146 valence electrons. The smallest absolute Gasteiger partial charge is 0.325 e. The second-order valence-electron chi connectivity index (χ2n) is 6.83. The normalized spacial score (nSPS) is 11.8. The number of rotatable bonds is 5. The van der Waals surface area contributed by atoms with Crippen molar-refractivity contribution < 1.29 is 14.3 Å². The van der Waals surface area contributed by atoms with E-state index in [4.69, 9.17) is 4.74 Å². The fourth-order valence-electron chi connectivity index (χ4n) is 3.16. The number of methoxy groups -OCH3 is 1. The highest BCUT2D eigenvalue weighted by Crippen LogP contribution is 2.23. The predicted octanol–water partition coefficient (Wildman–Crippen LogP) is 3.73. The van der Waals surface area contributed by atoms with Crippen LogP contribution in [0.15, 0.2) is 41.4 Å². The van der Waals surface area contributed by atoms with Crippen LogP contribution in [0.2, 0.25) is 0 Å². The molecule has 1 aromatic heterocycles. The second-order valence-corrected chi connectivity index (χ2v) is 7.81. The highest BCUT2D eigenvalue weighted by Gasteiger charge is 2.14. The number of aryl methyl sites for hydroxylation is 3. The maximum Gasteiger partial charge on any atom is 0.325 e. The van der Waals surface area contributed by atoms with Gasteiger partial charge in [0.05, 0.1) is 23.7 Å². The molecule has 0 aliphatic heterocycles. The molecule has 0 unspecified atom stereocenters. The van der Waals surface area contributed by atoms with Crippen molar-refractivity contribution in [3.05, 3.63) is 63.5 Å². The SMILES string of the molecule is CCc1ccc(CC(=O)N=c2sc3c(C)cc(C)cc3n2CC(=O)OC)cc1. The van der Waals surface area contributed by atoms with E-state index < -0.39 is 0 Å². The molecule has 0 radical (unpaired) electrons. The van der Waals surface area contributed by atoms with E-state index in [-0.39, 0.29) is 24.8 Å². The van der Waals surface area contributed by atoms with E-state index in [0.717, 1.165) is 33.3 Å². The van der Waals surface area contributed by atoms with Gasteiger partial charge >= 0.3 is 5.97 Å². The molecule has 0 atom stereocenters. The highest BCUT2D eigenvalue weighted by molar-refractivity contribution is 7.16. The standard InChI is InChI=1S/C22H24N2O3S/c1-5-16-6-8-17(9-7-16)12-19(25)23-22-24(13-20(26)27-4)18-11-14(2)10-15(3)21(18)28-22/h6-11H,5,12-13H2,1-4H3. The molecule has 5 nitrogen and oxygen atoms in total. The third-order valence-electron chi connectivity index (χ3n) is 4.64. The molecule has 0 N–H and O–H groups in total. The highest BCUT2D eigenvalue weighted by atomic mass is 32.1. The molecule has 28 heavy (non-hydrogen) atoms. The summed E-state index contributed by atoms with van der Waals surface area (Å²) in [5.74, 6) is -0.605. The van der Waals surface area contributed by atoms with Crippen molar-refractivity contribution in [2.75, 3.05) is 7.11 Å². The molecule has 3 rings (SSSR count). The van der Waals surface area contributed by atoms with Gasteiger partial charge < -0.3 is 9.30 Å². The van der Waals surface area contributed by atoms with E-state index in [1.807, 2.05) is 44.2 Å². The largest absolute Gasteiger partial charge is 0.468 e. The van der Waals surface area contributed by atoms with Gasteiger partial charge in [-0.25, -0.2) is 0 Å². The van der Waals surface area contributed by atoms with Gasteiger partial charge in [0.2, 0.25) is 0 Å². The number of ether oxygens (including phenoxy) is 1. The van der Waals surface area contributed by atoms with E-state index in [1.54, 1.807) is 4.57 Å². The lowest BCUT2D eigenvalue weighted by Gasteiger charge is -2.05. The van der Waals surface area contributed by atoms with Crippen LogP contribution >= 0.6 is 11.3 Å². The number of nitrogens with zero attached hydrogens (tertiary/aromatic N) is 2. The summed E-state index contributed by atoms with van der Waals surface area (Å²) in [6.45, 7) is 6.15. The number of amides is 1. The van der Waals surface area contributed by atoms with Gasteiger partial charge in [-0.2, -0.15) is 4.99 Å². The van der Waals surface area contributed by atoms with Gasteiger partial charge in [-0.15, -0.1) is 0 Å². The van der Waals surface area contributed by atoms with E-state index in [0.29, 0.717) is 4.80 Å². The summed E-state index contributed by atoms with van der Waals surface area (Å²) in [6, 6.07) is 12.1. The van der Waals surface area contributed by atoms with Crippen LogP contribution in [-0.4, -0.2) is 23.6 Å². The zero-order valence-electron chi connectivity index (χ0n) is 16.6. The number of esters is 1. The van der Waals surface area contributed by atoms with Gasteiger partial charge in [0.1, 0.15) is 6.54 Å². The number of fused-ring (bicyclic) bond motifs is 1. The van der Waals surface area contributed by atoms with Crippen LogP contribution in [0.4, 0.5) is 0 Å². The van der Waals surface area contributed by atoms with Crippen molar-refractivity contribution in [2.24, 2.45) is 4.99 Å². The number of aromatic nitrogens is 1. The summed E-state index contributed by atoms with van der Waals surface area (Å²) in [5.41, 5.74) is 5.25. The lowest BCUT2D eigenvalue weighted by Crippen LogP contribution is -2.22. The molecule has 2 aromatic carbocycles. The van der Waals surface area contributed by atoms with E-state index in [2.05, 4.69) is 18.0 Å². The lowest BCUT2D eigenvalue weighted by molar-refractivity contribution is -0.141. The first-order chi connectivity index (χ1) is 13.4. The molecule has 0 aliphatic rings. The van der Waals surface area contributed by atoms with Crippen molar-refractivity contribution in [1.82, 2.24) is 4.57 Å². The molecule has 0 aliphatic carbocycles. The van der Waals surface area contributed by atoms with Crippen LogP contribution in [0.5, 0.6) is 0 Å². The third-order valence-corrected chi connectivity index (χ3v) is 5.87. The fourth-order valence-corrected chi connectivity index (χ4v) is 4.25. The van der Waals surface area contributed by atoms with Crippen LogP contribution in [0.25, 0.3) is 10.2 Å². The molecule has 0 saturated carbocycles. The maximum absolute atomic E-state index is 12.6. The van der Waals surface area contributed by atoms with Crippen molar-refractivity contribution >= 4 is 33.4 Å². The Hall–Kier alpha value is -2.73. The Morgan fingerprint density at radius 1 is 1.11 bits per heavy atom. The monoisotopic (exact) mass is 396 g/mol. The molecule has 1 heterocycles. The molecular weight excluding hydrogens is 372 g/mol. The number of thiazole rings is 1. The average molecular weight is 397 g/mol. The first-order valence-electron chi connectivity index (χ1n) is 9.24. The van der Waals surface area contributed by atoms with Crippen LogP contribution in [0.1, 0.15) is 29.2 Å². The summed E-state index contributed by atoms with van der Waals surface area (Å²) in [7, 11) is 1.36. The predicted molar refractivity (Wildman–Crippen MR) is 111 cm³/mol. The first-order valence-corrected chi connectivity index (χ1v) is 10.1. The minimum Gasteiger partial charge on any atom is -0.468 e. The number of carbonyl (C=O) groups excluding carboxylic acids is 2. The molecule has 6 heteroatoms. The topological polar surface area (TPSA) is 60.7 Å². The Kier molecular flexibility index (Phi) is 6.09. The van der Waals surface area contributed by atoms with Crippen LogP contribution < -0.4 is 4.80 Å². The molecular formula is C22H24N2O3S. The molecule has 0 bridgehead atoms. The average Bonchev–Trinajstić information content (AvgIpc) is 2.99. The van der Waals surface area contributed by atoms with Gasteiger partial charge in [0.25, 0.3) is 5.91 Å². The van der Waals surface area contributed by atoms with Gasteiger partial charge in [0.15, 0.2) is 4.80 Å². The quantitative estimate of drug-likeness (QED) is 0.618. The third kappa shape index (κ3) is 4.39. The van der Waals surface area contributed by atoms with Crippen LogP contribution in [0.3, 0.4) is 0 Å². The summed E-state index contributed by atoms with van der Waals surface area (Å²) in [6.07, 6.45) is 1.20.